The molecule has 1 aromatic carbocycles. The van der Waals surface area contributed by atoms with Crippen LogP contribution < -0.4 is 5.32 Å². The molecule has 1 heterocycles. The molecule has 1 N–H and O–H groups in total. The first-order valence-electron chi connectivity index (χ1n) is 9.30. The minimum absolute atomic E-state index is 0.0211. The van der Waals surface area contributed by atoms with Gasteiger partial charge < -0.3 is 10.2 Å². The number of halogens is 2. The summed E-state index contributed by atoms with van der Waals surface area (Å²) in [5.41, 5.74) is 0. The zero-order valence-electron chi connectivity index (χ0n) is 15.4. The SMILES string of the molecule is O=C(NCCCC(=O)N1CCN(S(=O)(=O)c2ccc(Cl)c(Cl)c2)CC1)C1CC1. The Balaban J connectivity index is 1.45. The van der Waals surface area contributed by atoms with Crippen LogP contribution in [-0.2, 0) is 19.6 Å². The van der Waals surface area contributed by atoms with Gasteiger partial charge >= 0.3 is 0 Å². The maximum atomic E-state index is 12.7. The van der Waals surface area contributed by atoms with Gasteiger partial charge in [-0.15, -0.1) is 0 Å². The maximum Gasteiger partial charge on any atom is 0.243 e. The lowest BCUT2D eigenvalue weighted by Gasteiger charge is -2.34. The van der Waals surface area contributed by atoms with Crippen molar-refractivity contribution in [1.29, 1.82) is 0 Å². The number of amides is 2. The van der Waals surface area contributed by atoms with Gasteiger partial charge in [-0.1, -0.05) is 23.2 Å². The van der Waals surface area contributed by atoms with Gasteiger partial charge in [0.15, 0.2) is 0 Å². The molecule has 0 unspecified atom stereocenters. The van der Waals surface area contributed by atoms with E-state index in [1.54, 1.807) is 4.90 Å². The number of nitrogens with one attached hydrogen (secondary N) is 1. The first kappa shape index (κ1) is 21.4. The van der Waals surface area contributed by atoms with Crippen molar-refractivity contribution in [3.63, 3.8) is 0 Å². The van der Waals surface area contributed by atoms with Gasteiger partial charge in [0, 0.05) is 45.1 Å². The highest BCUT2D eigenvalue weighted by molar-refractivity contribution is 7.89. The van der Waals surface area contributed by atoms with Crippen molar-refractivity contribution in [2.24, 2.45) is 5.92 Å². The Labute approximate surface area is 175 Å². The number of carbonyl (C=O) groups is 2. The zero-order chi connectivity index (χ0) is 20.3. The lowest BCUT2D eigenvalue weighted by molar-refractivity contribution is -0.132. The Bertz CT molecular complexity index is 850. The molecule has 1 saturated heterocycles. The third-order valence-electron chi connectivity index (χ3n) is 4.93. The number of nitrogens with zero attached hydrogens (tertiary/aromatic N) is 2. The normalized spacial score (nSPS) is 18.1. The fourth-order valence-corrected chi connectivity index (χ4v) is 4.88. The largest absolute Gasteiger partial charge is 0.356 e. The summed E-state index contributed by atoms with van der Waals surface area (Å²) in [5, 5.41) is 3.32. The summed E-state index contributed by atoms with van der Waals surface area (Å²) < 4.78 is 26.8. The Morgan fingerprint density at radius 3 is 2.36 bits per heavy atom. The molecule has 10 heteroatoms. The molecule has 0 atom stereocenters. The van der Waals surface area contributed by atoms with E-state index in [0.29, 0.717) is 37.5 Å². The minimum atomic E-state index is -3.68. The highest BCUT2D eigenvalue weighted by atomic mass is 35.5. The van der Waals surface area contributed by atoms with Gasteiger partial charge in [-0.25, -0.2) is 8.42 Å². The van der Waals surface area contributed by atoms with Gasteiger partial charge in [-0.05, 0) is 37.5 Å². The molecule has 3 rings (SSSR count). The molecule has 1 aliphatic heterocycles. The molecule has 0 bridgehead atoms. The summed E-state index contributed by atoms with van der Waals surface area (Å²) in [6.07, 6.45) is 2.84. The molecule has 2 amide bonds. The molecular weight excluding hydrogens is 425 g/mol. The van der Waals surface area contributed by atoms with Gasteiger partial charge in [0.2, 0.25) is 21.8 Å². The predicted molar refractivity (Wildman–Crippen MR) is 107 cm³/mol. The van der Waals surface area contributed by atoms with Crippen LogP contribution in [0.3, 0.4) is 0 Å². The third-order valence-corrected chi connectivity index (χ3v) is 7.57. The average Bonchev–Trinajstić information content (AvgIpc) is 3.52. The van der Waals surface area contributed by atoms with Gasteiger partial charge in [0.1, 0.15) is 0 Å². The van der Waals surface area contributed by atoms with Crippen LogP contribution in [0.15, 0.2) is 23.1 Å². The quantitative estimate of drug-likeness (QED) is 0.648. The second-order valence-corrected chi connectivity index (χ2v) is 9.78. The van der Waals surface area contributed by atoms with Crippen molar-refractivity contribution in [3.8, 4) is 0 Å². The van der Waals surface area contributed by atoms with Gasteiger partial charge in [-0.2, -0.15) is 4.31 Å². The molecule has 2 fully saturated rings. The van der Waals surface area contributed by atoms with E-state index >= 15 is 0 Å². The monoisotopic (exact) mass is 447 g/mol. The number of hydrogen-bond donors (Lipinski definition) is 1. The predicted octanol–water partition coefficient (Wildman–Crippen LogP) is 2.13. The number of carbonyl (C=O) groups excluding carboxylic acids is 2. The van der Waals surface area contributed by atoms with E-state index < -0.39 is 10.0 Å². The molecule has 1 saturated carbocycles. The van der Waals surface area contributed by atoms with Crippen LogP contribution in [0.5, 0.6) is 0 Å². The summed E-state index contributed by atoms with van der Waals surface area (Å²) in [4.78, 5) is 25.6. The van der Waals surface area contributed by atoms with Crippen LogP contribution in [-0.4, -0.2) is 62.2 Å². The Hall–Kier alpha value is -1.35. The van der Waals surface area contributed by atoms with E-state index in [-0.39, 0.29) is 40.7 Å². The van der Waals surface area contributed by atoms with Crippen LogP contribution in [0, 0.1) is 5.92 Å². The van der Waals surface area contributed by atoms with Crippen LogP contribution in [0.1, 0.15) is 25.7 Å². The standard InChI is InChI=1S/C18H23Cl2N3O4S/c19-15-6-5-14(12-16(15)20)28(26,27)23-10-8-22(9-11-23)17(24)2-1-7-21-18(25)13-3-4-13/h5-6,12-13H,1-4,7-11H2,(H,21,25). The summed E-state index contributed by atoms with van der Waals surface area (Å²) in [7, 11) is -3.68. The fourth-order valence-electron chi connectivity index (χ4n) is 3.06. The van der Waals surface area contributed by atoms with Crippen molar-refractivity contribution in [1.82, 2.24) is 14.5 Å². The maximum absolute atomic E-state index is 12.7. The van der Waals surface area contributed by atoms with Crippen molar-refractivity contribution >= 4 is 45.0 Å². The van der Waals surface area contributed by atoms with Crippen molar-refractivity contribution in [3.05, 3.63) is 28.2 Å². The summed E-state index contributed by atoms with van der Waals surface area (Å²) in [6, 6.07) is 4.22. The second-order valence-electron chi connectivity index (χ2n) is 7.03. The summed E-state index contributed by atoms with van der Waals surface area (Å²) >= 11 is 11.8. The van der Waals surface area contributed by atoms with Crippen LogP contribution >= 0.6 is 23.2 Å². The van der Waals surface area contributed by atoms with E-state index in [1.165, 1.54) is 22.5 Å². The molecule has 1 aliphatic carbocycles. The van der Waals surface area contributed by atoms with Crippen molar-refractivity contribution < 1.29 is 18.0 Å². The molecule has 28 heavy (non-hydrogen) atoms. The molecule has 0 aromatic heterocycles. The van der Waals surface area contributed by atoms with Crippen molar-refractivity contribution in [2.75, 3.05) is 32.7 Å². The highest BCUT2D eigenvalue weighted by Gasteiger charge is 2.31. The van der Waals surface area contributed by atoms with Gasteiger partial charge in [0.25, 0.3) is 0 Å². The van der Waals surface area contributed by atoms with Crippen LogP contribution in [0.2, 0.25) is 10.0 Å². The lowest BCUT2D eigenvalue weighted by atomic mass is 10.2. The number of hydrogen-bond acceptors (Lipinski definition) is 4. The van der Waals surface area contributed by atoms with Crippen LogP contribution in [0.4, 0.5) is 0 Å². The molecule has 1 aromatic rings. The van der Waals surface area contributed by atoms with Crippen molar-refractivity contribution in [2.45, 2.75) is 30.6 Å². The molecule has 0 radical (unpaired) electrons. The van der Waals surface area contributed by atoms with Gasteiger partial charge in [-0.3, -0.25) is 9.59 Å². The molecular formula is C18H23Cl2N3O4S. The third kappa shape index (κ3) is 5.17. The zero-order valence-corrected chi connectivity index (χ0v) is 17.7. The van der Waals surface area contributed by atoms with Gasteiger partial charge in [0.05, 0.1) is 14.9 Å². The topological polar surface area (TPSA) is 86.8 Å². The number of sulfonamides is 1. The minimum Gasteiger partial charge on any atom is -0.356 e. The average molecular weight is 448 g/mol. The smallest absolute Gasteiger partial charge is 0.243 e. The fraction of sp³-hybridized carbons (Fsp3) is 0.556. The van der Waals surface area contributed by atoms with E-state index in [0.717, 1.165) is 12.8 Å². The van der Waals surface area contributed by atoms with E-state index in [2.05, 4.69) is 5.32 Å². The Kier molecular flexibility index (Phi) is 6.85. The van der Waals surface area contributed by atoms with E-state index in [4.69, 9.17) is 23.2 Å². The summed E-state index contributed by atoms with van der Waals surface area (Å²) in [5.74, 6) is 0.224. The highest BCUT2D eigenvalue weighted by Crippen LogP contribution is 2.29. The second kappa shape index (κ2) is 8.98. The van der Waals surface area contributed by atoms with Crippen LogP contribution in [0.25, 0.3) is 0 Å². The Morgan fingerprint density at radius 2 is 1.75 bits per heavy atom. The Morgan fingerprint density at radius 1 is 1.07 bits per heavy atom. The molecule has 7 nitrogen and oxygen atoms in total. The summed E-state index contributed by atoms with van der Waals surface area (Å²) in [6.45, 7) is 1.63. The number of benzene rings is 1. The molecule has 2 aliphatic rings. The van der Waals surface area contributed by atoms with E-state index in [9.17, 15) is 18.0 Å². The first-order valence-corrected chi connectivity index (χ1v) is 11.5. The van der Waals surface area contributed by atoms with E-state index in [1.807, 2.05) is 0 Å². The molecule has 0 spiro atoms. The lowest BCUT2D eigenvalue weighted by Crippen LogP contribution is -2.50. The molecule has 154 valence electrons. The number of rotatable bonds is 7. The first-order chi connectivity index (χ1) is 13.3. The number of piperazine rings is 1.